The number of amides is 1. The number of rotatable bonds is 9. The normalized spacial score (nSPS) is 10.9. The maximum absolute atomic E-state index is 13.7. The molecule has 7 heteroatoms. The fourth-order valence-corrected chi connectivity index (χ4v) is 4.72. The van der Waals surface area contributed by atoms with E-state index in [-0.39, 0.29) is 18.1 Å². The number of carboxylic acid groups (broad SMARTS) is 1. The third-order valence-corrected chi connectivity index (χ3v) is 6.71. The van der Waals surface area contributed by atoms with Gasteiger partial charge in [-0.2, -0.15) is 0 Å². The molecule has 0 saturated carbocycles. The second-order valence-corrected chi connectivity index (χ2v) is 9.77. The summed E-state index contributed by atoms with van der Waals surface area (Å²) >= 11 is 0. The van der Waals surface area contributed by atoms with E-state index in [2.05, 4.69) is 0 Å². The molecule has 0 aliphatic heterocycles. The number of halogens is 1. The summed E-state index contributed by atoms with van der Waals surface area (Å²) in [5, 5.41) is 9.15. The fraction of sp³-hybridized carbons (Fsp3) is 0.152. The Balaban J connectivity index is 1.47. The highest BCUT2D eigenvalue weighted by Crippen LogP contribution is 2.26. The molecule has 0 saturated heterocycles. The number of aromatic nitrogens is 2. The standard InChI is InChI=1S/C33H28FN3O3/c1-37(21-23-6-3-2-4-7-23)33(40)26-13-17-28-30(20-26)35-29(32(36-28)25-11-14-27(34)15-12-25)16-10-22-8-5-9-24(18-22)19-31(38)39/h2-9,11-15,17-18,20H,10,16,19,21H2,1H3,(H,38,39). The monoisotopic (exact) mass is 533 g/mol. The highest BCUT2D eigenvalue weighted by atomic mass is 19.1. The summed E-state index contributed by atoms with van der Waals surface area (Å²) in [7, 11) is 1.77. The summed E-state index contributed by atoms with van der Waals surface area (Å²) in [5.74, 6) is -1.33. The molecule has 0 unspecified atom stereocenters. The quantitative estimate of drug-likeness (QED) is 0.247. The Morgan fingerprint density at radius 3 is 2.25 bits per heavy atom. The molecule has 1 heterocycles. The Morgan fingerprint density at radius 1 is 0.775 bits per heavy atom. The number of hydrogen-bond donors (Lipinski definition) is 1. The third kappa shape index (κ3) is 6.38. The molecule has 4 aromatic carbocycles. The maximum atomic E-state index is 13.7. The van der Waals surface area contributed by atoms with Crippen molar-refractivity contribution in [3.63, 3.8) is 0 Å². The average Bonchev–Trinajstić information content (AvgIpc) is 2.96. The smallest absolute Gasteiger partial charge is 0.307 e. The molecule has 200 valence electrons. The largest absolute Gasteiger partial charge is 0.481 e. The topological polar surface area (TPSA) is 83.4 Å². The van der Waals surface area contributed by atoms with Gasteiger partial charge in [-0.1, -0.05) is 54.6 Å². The molecule has 0 aliphatic carbocycles. The number of aryl methyl sites for hydroxylation is 2. The van der Waals surface area contributed by atoms with Crippen molar-refractivity contribution in [2.75, 3.05) is 7.05 Å². The molecular formula is C33H28FN3O3. The first-order valence-electron chi connectivity index (χ1n) is 13.0. The zero-order chi connectivity index (χ0) is 28.1. The number of carboxylic acids is 1. The van der Waals surface area contributed by atoms with Crippen LogP contribution in [0.5, 0.6) is 0 Å². The molecule has 0 spiro atoms. The lowest BCUT2D eigenvalue weighted by Crippen LogP contribution is -2.26. The van der Waals surface area contributed by atoms with Gasteiger partial charge in [-0.3, -0.25) is 9.59 Å². The van der Waals surface area contributed by atoms with Crippen LogP contribution >= 0.6 is 0 Å². The zero-order valence-electron chi connectivity index (χ0n) is 22.0. The molecule has 1 N–H and O–H groups in total. The number of hydrogen-bond acceptors (Lipinski definition) is 4. The molecule has 0 fully saturated rings. The van der Waals surface area contributed by atoms with Gasteiger partial charge in [-0.05, 0) is 72.0 Å². The van der Waals surface area contributed by atoms with E-state index in [0.29, 0.717) is 47.4 Å². The van der Waals surface area contributed by atoms with E-state index < -0.39 is 5.97 Å². The summed E-state index contributed by atoms with van der Waals surface area (Å²) in [6, 6.07) is 28.7. The SMILES string of the molecule is CN(Cc1ccccc1)C(=O)c1ccc2nc(-c3ccc(F)cc3)c(CCc3cccc(CC(=O)O)c3)nc2c1. The summed E-state index contributed by atoms with van der Waals surface area (Å²) in [5.41, 5.74) is 6.61. The van der Waals surface area contributed by atoms with Crippen molar-refractivity contribution < 1.29 is 19.1 Å². The van der Waals surface area contributed by atoms with E-state index in [4.69, 9.17) is 15.1 Å². The first kappa shape index (κ1) is 26.7. The van der Waals surface area contributed by atoms with Crippen molar-refractivity contribution in [1.82, 2.24) is 14.9 Å². The van der Waals surface area contributed by atoms with Crippen molar-refractivity contribution in [3.8, 4) is 11.3 Å². The van der Waals surface area contributed by atoms with Gasteiger partial charge in [0.1, 0.15) is 5.82 Å². The second-order valence-electron chi connectivity index (χ2n) is 9.77. The molecule has 1 amide bonds. The molecule has 0 atom stereocenters. The number of carbonyl (C=O) groups excluding carboxylic acids is 1. The van der Waals surface area contributed by atoms with Gasteiger partial charge in [-0.25, -0.2) is 14.4 Å². The Bertz CT molecular complexity index is 1670. The molecule has 6 nitrogen and oxygen atoms in total. The van der Waals surface area contributed by atoms with Crippen molar-refractivity contribution in [3.05, 3.63) is 131 Å². The van der Waals surface area contributed by atoms with Crippen LogP contribution in [-0.2, 0) is 30.6 Å². The van der Waals surface area contributed by atoms with Gasteiger partial charge in [0.05, 0.1) is 28.8 Å². The van der Waals surface area contributed by atoms with E-state index in [0.717, 1.165) is 22.3 Å². The van der Waals surface area contributed by atoms with Crippen LogP contribution in [-0.4, -0.2) is 38.9 Å². The molecule has 0 radical (unpaired) electrons. The first-order valence-corrected chi connectivity index (χ1v) is 13.0. The Morgan fingerprint density at radius 2 is 1.50 bits per heavy atom. The van der Waals surface area contributed by atoms with E-state index in [1.165, 1.54) is 12.1 Å². The highest BCUT2D eigenvalue weighted by molar-refractivity contribution is 5.97. The highest BCUT2D eigenvalue weighted by Gasteiger charge is 2.16. The summed E-state index contributed by atoms with van der Waals surface area (Å²) in [6.45, 7) is 0.485. The minimum absolute atomic E-state index is 0.0417. The van der Waals surface area contributed by atoms with Crippen molar-refractivity contribution >= 4 is 22.9 Å². The van der Waals surface area contributed by atoms with Crippen LogP contribution in [0.25, 0.3) is 22.3 Å². The third-order valence-electron chi connectivity index (χ3n) is 6.71. The van der Waals surface area contributed by atoms with Gasteiger partial charge in [0.25, 0.3) is 5.91 Å². The minimum Gasteiger partial charge on any atom is -0.481 e. The number of aliphatic carboxylic acids is 1. The maximum Gasteiger partial charge on any atom is 0.307 e. The molecular weight excluding hydrogens is 505 g/mol. The Kier molecular flexibility index (Phi) is 7.92. The fourth-order valence-electron chi connectivity index (χ4n) is 4.72. The van der Waals surface area contributed by atoms with Crippen LogP contribution < -0.4 is 0 Å². The first-order chi connectivity index (χ1) is 19.4. The predicted octanol–water partition coefficient (Wildman–Crippen LogP) is 6.12. The summed E-state index contributed by atoms with van der Waals surface area (Å²) in [6.07, 6.45) is 1.10. The van der Waals surface area contributed by atoms with Gasteiger partial charge < -0.3 is 10.0 Å². The lowest BCUT2D eigenvalue weighted by molar-refractivity contribution is -0.136. The average molecular weight is 534 g/mol. The molecule has 5 aromatic rings. The summed E-state index contributed by atoms with van der Waals surface area (Å²) < 4.78 is 13.7. The van der Waals surface area contributed by atoms with Crippen LogP contribution in [0.4, 0.5) is 4.39 Å². The number of benzene rings is 4. The number of nitrogens with zero attached hydrogens (tertiary/aromatic N) is 3. The molecule has 1 aromatic heterocycles. The van der Waals surface area contributed by atoms with Crippen LogP contribution in [0.2, 0.25) is 0 Å². The Labute approximate surface area is 231 Å². The zero-order valence-corrected chi connectivity index (χ0v) is 22.0. The van der Waals surface area contributed by atoms with Crippen LogP contribution in [0.15, 0.2) is 97.1 Å². The van der Waals surface area contributed by atoms with Crippen molar-refractivity contribution in [2.45, 2.75) is 25.8 Å². The van der Waals surface area contributed by atoms with Gasteiger partial charge >= 0.3 is 5.97 Å². The molecule has 40 heavy (non-hydrogen) atoms. The van der Waals surface area contributed by atoms with Gasteiger partial charge in [0.2, 0.25) is 0 Å². The lowest BCUT2D eigenvalue weighted by atomic mass is 10.0. The van der Waals surface area contributed by atoms with E-state index in [9.17, 15) is 14.0 Å². The van der Waals surface area contributed by atoms with E-state index in [1.807, 2.05) is 48.5 Å². The van der Waals surface area contributed by atoms with Crippen molar-refractivity contribution in [1.29, 1.82) is 0 Å². The minimum atomic E-state index is -0.879. The number of fused-ring (bicyclic) bond motifs is 1. The molecule has 5 rings (SSSR count). The van der Waals surface area contributed by atoms with E-state index >= 15 is 0 Å². The van der Waals surface area contributed by atoms with E-state index in [1.54, 1.807) is 48.3 Å². The molecule has 0 aliphatic rings. The summed E-state index contributed by atoms with van der Waals surface area (Å²) in [4.78, 5) is 35.8. The van der Waals surface area contributed by atoms with Crippen LogP contribution in [0.1, 0.15) is 32.7 Å². The Hall–Kier alpha value is -4.91. The number of carbonyl (C=O) groups is 2. The van der Waals surface area contributed by atoms with Crippen LogP contribution in [0.3, 0.4) is 0 Å². The lowest BCUT2D eigenvalue weighted by Gasteiger charge is -2.18. The van der Waals surface area contributed by atoms with Gasteiger partial charge in [0.15, 0.2) is 0 Å². The van der Waals surface area contributed by atoms with Crippen LogP contribution in [0, 0.1) is 5.82 Å². The predicted molar refractivity (Wildman–Crippen MR) is 152 cm³/mol. The second kappa shape index (κ2) is 11.9. The van der Waals surface area contributed by atoms with Crippen molar-refractivity contribution in [2.24, 2.45) is 0 Å². The van der Waals surface area contributed by atoms with Gasteiger partial charge in [0, 0.05) is 24.7 Å². The van der Waals surface area contributed by atoms with Gasteiger partial charge in [-0.15, -0.1) is 0 Å². The molecule has 0 bridgehead atoms.